The summed E-state index contributed by atoms with van der Waals surface area (Å²) in [5.74, 6) is 0. The van der Waals surface area contributed by atoms with E-state index in [4.69, 9.17) is 0 Å². The van der Waals surface area contributed by atoms with Crippen LogP contribution in [-0.2, 0) is 0 Å². The number of nitrogens with zero attached hydrogens (tertiary/aromatic N) is 4. The maximum absolute atomic E-state index is 12.0. The number of nitroso groups, excluding NO2 is 1. The molecule has 0 aliphatic carbocycles. The third-order valence-electron chi connectivity index (χ3n) is 3.41. The van der Waals surface area contributed by atoms with Crippen molar-refractivity contribution in [3.8, 4) is 0 Å². The summed E-state index contributed by atoms with van der Waals surface area (Å²) in [6, 6.07) is 3.80. The van der Waals surface area contributed by atoms with Crippen molar-refractivity contribution in [3.63, 3.8) is 0 Å². The lowest BCUT2D eigenvalue weighted by atomic mass is 10.1. The summed E-state index contributed by atoms with van der Waals surface area (Å²) in [4.78, 5) is 29.3. The molecule has 94 valence electrons. The van der Waals surface area contributed by atoms with Gasteiger partial charge in [-0.1, -0.05) is 0 Å². The van der Waals surface area contributed by atoms with E-state index in [1.54, 1.807) is 10.8 Å². The van der Waals surface area contributed by atoms with Gasteiger partial charge in [0, 0.05) is 25.3 Å². The van der Waals surface area contributed by atoms with Crippen LogP contribution in [0.15, 0.2) is 28.4 Å². The van der Waals surface area contributed by atoms with Crippen molar-refractivity contribution < 1.29 is 0 Å². The minimum absolute atomic E-state index is 0.105. The molecule has 0 saturated carbocycles. The highest BCUT2D eigenvalue weighted by atomic mass is 16.3. The van der Waals surface area contributed by atoms with Gasteiger partial charge in [0.25, 0.3) is 0 Å². The topological polar surface area (TPSA) is 83.4 Å². The van der Waals surface area contributed by atoms with Gasteiger partial charge < -0.3 is 0 Å². The molecule has 1 aliphatic rings. The van der Waals surface area contributed by atoms with E-state index < -0.39 is 0 Å². The SMILES string of the molecule is O=NN1CCC(n2c(=O)[nH]c3ncccc32)CC1. The molecule has 0 radical (unpaired) electrons. The van der Waals surface area contributed by atoms with Crippen molar-refractivity contribution >= 4 is 11.2 Å². The van der Waals surface area contributed by atoms with Crippen LogP contribution in [0.25, 0.3) is 11.2 Å². The molecule has 2 aromatic heterocycles. The van der Waals surface area contributed by atoms with E-state index in [2.05, 4.69) is 15.3 Å². The summed E-state index contributed by atoms with van der Waals surface area (Å²) in [7, 11) is 0. The van der Waals surface area contributed by atoms with Crippen LogP contribution in [-0.4, -0.2) is 32.6 Å². The molecular formula is C11H13N5O2. The van der Waals surface area contributed by atoms with Crippen molar-refractivity contribution in [3.05, 3.63) is 33.7 Å². The van der Waals surface area contributed by atoms with Crippen LogP contribution in [0.2, 0.25) is 0 Å². The molecule has 1 aliphatic heterocycles. The van der Waals surface area contributed by atoms with Crippen LogP contribution in [0.4, 0.5) is 0 Å². The molecular weight excluding hydrogens is 234 g/mol. The minimum Gasteiger partial charge on any atom is -0.290 e. The van der Waals surface area contributed by atoms with E-state index in [0.717, 1.165) is 18.4 Å². The Bertz CT molecular complexity index is 624. The first-order valence-corrected chi connectivity index (χ1v) is 5.93. The van der Waals surface area contributed by atoms with Crippen molar-refractivity contribution in [1.29, 1.82) is 0 Å². The Balaban J connectivity index is 1.97. The zero-order valence-corrected chi connectivity index (χ0v) is 9.74. The number of aromatic amines is 1. The largest absolute Gasteiger partial charge is 0.327 e. The fraction of sp³-hybridized carbons (Fsp3) is 0.455. The van der Waals surface area contributed by atoms with Crippen LogP contribution in [0.3, 0.4) is 0 Å². The van der Waals surface area contributed by atoms with Gasteiger partial charge in [-0.05, 0) is 25.0 Å². The zero-order chi connectivity index (χ0) is 12.5. The molecule has 1 saturated heterocycles. The van der Waals surface area contributed by atoms with Gasteiger partial charge >= 0.3 is 5.69 Å². The Hall–Kier alpha value is -2.18. The van der Waals surface area contributed by atoms with Gasteiger partial charge in [0.15, 0.2) is 5.65 Å². The van der Waals surface area contributed by atoms with Crippen LogP contribution in [0.5, 0.6) is 0 Å². The summed E-state index contributed by atoms with van der Waals surface area (Å²) in [5.41, 5.74) is 1.29. The zero-order valence-electron chi connectivity index (χ0n) is 9.74. The number of hydrogen-bond acceptors (Lipinski definition) is 4. The van der Waals surface area contributed by atoms with Crippen molar-refractivity contribution in [2.45, 2.75) is 18.9 Å². The highest BCUT2D eigenvalue weighted by molar-refractivity contribution is 5.70. The van der Waals surface area contributed by atoms with Crippen molar-refractivity contribution in [2.24, 2.45) is 5.29 Å². The standard InChI is InChI=1S/C11H13N5O2/c17-11-13-10-9(2-1-5-12-10)16(11)8-3-6-15(14-18)7-4-8/h1-2,5,8H,3-4,6-7H2,(H,12,13,17). The molecule has 7 nitrogen and oxygen atoms in total. The minimum atomic E-state index is -0.138. The second kappa shape index (κ2) is 4.25. The summed E-state index contributed by atoms with van der Waals surface area (Å²) >= 11 is 0. The van der Waals surface area contributed by atoms with Gasteiger partial charge in [-0.15, -0.1) is 4.91 Å². The molecule has 0 spiro atoms. The number of imidazole rings is 1. The van der Waals surface area contributed by atoms with E-state index in [0.29, 0.717) is 18.7 Å². The van der Waals surface area contributed by atoms with Gasteiger partial charge in [0.1, 0.15) is 0 Å². The predicted molar refractivity (Wildman–Crippen MR) is 66.0 cm³/mol. The summed E-state index contributed by atoms with van der Waals surface area (Å²) in [5, 5.41) is 4.42. The number of nitrogens with one attached hydrogen (secondary N) is 1. The first-order valence-electron chi connectivity index (χ1n) is 5.93. The number of piperidine rings is 1. The Morgan fingerprint density at radius 2 is 2.17 bits per heavy atom. The third-order valence-corrected chi connectivity index (χ3v) is 3.41. The molecule has 3 rings (SSSR count). The number of pyridine rings is 1. The van der Waals surface area contributed by atoms with Crippen LogP contribution in [0, 0.1) is 4.91 Å². The number of H-pyrrole nitrogens is 1. The van der Waals surface area contributed by atoms with Gasteiger partial charge in [-0.3, -0.25) is 14.6 Å². The lowest BCUT2D eigenvalue weighted by Crippen LogP contribution is -2.33. The average molecular weight is 247 g/mol. The molecule has 0 aromatic carbocycles. The molecule has 0 atom stereocenters. The molecule has 1 N–H and O–H groups in total. The summed E-state index contributed by atoms with van der Waals surface area (Å²) < 4.78 is 1.74. The smallest absolute Gasteiger partial charge is 0.290 e. The molecule has 0 bridgehead atoms. The number of aromatic nitrogens is 3. The first-order chi connectivity index (χ1) is 8.79. The van der Waals surface area contributed by atoms with Crippen molar-refractivity contribution in [2.75, 3.05) is 13.1 Å². The lowest BCUT2D eigenvalue weighted by Gasteiger charge is -2.28. The summed E-state index contributed by atoms with van der Waals surface area (Å²) in [6.07, 6.45) is 3.14. The Kier molecular flexibility index (Phi) is 2.58. The van der Waals surface area contributed by atoms with Crippen LogP contribution < -0.4 is 5.69 Å². The first kappa shape index (κ1) is 10.9. The van der Waals surface area contributed by atoms with E-state index in [-0.39, 0.29) is 11.7 Å². The third kappa shape index (κ3) is 1.68. The van der Waals surface area contributed by atoms with Gasteiger partial charge in [-0.2, -0.15) is 0 Å². The normalized spacial score (nSPS) is 17.2. The predicted octanol–water partition coefficient (Wildman–Crippen LogP) is 1.04. The highest BCUT2D eigenvalue weighted by Gasteiger charge is 2.23. The van der Waals surface area contributed by atoms with E-state index in [1.165, 1.54) is 5.01 Å². The summed E-state index contributed by atoms with van der Waals surface area (Å²) in [6.45, 7) is 1.18. The van der Waals surface area contributed by atoms with E-state index in [1.807, 2.05) is 12.1 Å². The molecule has 18 heavy (non-hydrogen) atoms. The molecule has 0 amide bonds. The van der Waals surface area contributed by atoms with Crippen molar-refractivity contribution in [1.82, 2.24) is 19.5 Å². The second-order valence-corrected chi connectivity index (χ2v) is 4.44. The molecule has 3 heterocycles. The Morgan fingerprint density at radius 1 is 1.39 bits per heavy atom. The average Bonchev–Trinajstić information content (AvgIpc) is 2.75. The monoisotopic (exact) mass is 247 g/mol. The fourth-order valence-electron chi connectivity index (χ4n) is 2.51. The van der Waals surface area contributed by atoms with Gasteiger partial charge in [-0.25, -0.2) is 9.78 Å². The maximum Gasteiger partial charge on any atom is 0.327 e. The molecule has 2 aromatic rings. The van der Waals surface area contributed by atoms with Gasteiger partial charge in [0.2, 0.25) is 0 Å². The number of rotatable bonds is 2. The van der Waals surface area contributed by atoms with Crippen LogP contribution >= 0.6 is 0 Å². The number of hydrogen-bond donors (Lipinski definition) is 1. The van der Waals surface area contributed by atoms with Gasteiger partial charge in [0.05, 0.1) is 10.8 Å². The molecule has 7 heteroatoms. The maximum atomic E-state index is 12.0. The van der Waals surface area contributed by atoms with E-state index >= 15 is 0 Å². The number of fused-ring (bicyclic) bond motifs is 1. The highest BCUT2D eigenvalue weighted by Crippen LogP contribution is 2.24. The Labute approximate surface area is 102 Å². The van der Waals surface area contributed by atoms with Crippen LogP contribution in [0.1, 0.15) is 18.9 Å². The quantitative estimate of drug-likeness (QED) is 0.804. The molecule has 1 fully saturated rings. The second-order valence-electron chi connectivity index (χ2n) is 4.44. The lowest BCUT2D eigenvalue weighted by molar-refractivity contribution is 0.191. The van der Waals surface area contributed by atoms with E-state index in [9.17, 15) is 9.70 Å². The Morgan fingerprint density at radius 3 is 2.89 bits per heavy atom. The fourth-order valence-corrected chi connectivity index (χ4v) is 2.51. The molecule has 0 unspecified atom stereocenters.